The molecule has 1 aliphatic heterocycles. The van der Waals surface area contributed by atoms with Gasteiger partial charge in [-0.2, -0.15) is 0 Å². The third-order valence-corrected chi connectivity index (χ3v) is 4.96. The summed E-state index contributed by atoms with van der Waals surface area (Å²) in [5, 5.41) is 1.41. The van der Waals surface area contributed by atoms with E-state index >= 15 is 0 Å². The molecule has 7 heteroatoms. The molecule has 0 radical (unpaired) electrons. The van der Waals surface area contributed by atoms with Crippen LogP contribution in [0, 0.1) is 0 Å². The van der Waals surface area contributed by atoms with Crippen LogP contribution in [0.25, 0.3) is 10.9 Å². The highest BCUT2D eigenvalue weighted by Crippen LogP contribution is 2.36. The fourth-order valence-corrected chi connectivity index (χ4v) is 3.43. The van der Waals surface area contributed by atoms with E-state index in [1.54, 1.807) is 7.11 Å². The Balaban J connectivity index is 1.81. The summed E-state index contributed by atoms with van der Waals surface area (Å²) < 4.78 is 22.5. The molecule has 1 aromatic heterocycles. The molecule has 0 amide bonds. The number of fused-ring (bicyclic) bond motifs is 1. The van der Waals surface area contributed by atoms with Gasteiger partial charge in [0.15, 0.2) is 0 Å². The standard InChI is InChI=1S/C21H29ClN2O4/c1-15(2)28-19-14-16(6-10-25-3)23-21-17(19)4-5-18(20(21)22)27-13-9-24-7-11-26-12-8-24/h4-5,14-15H,6-13H2,1-3H3. The van der Waals surface area contributed by atoms with Crippen molar-refractivity contribution in [2.75, 3.05) is 53.2 Å². The molecular weight excluding hydrogens is 380 g/mol. The van der Waals surface area contributed by atoms with E-state index in [1.807, 2.05) is 32.0 Å². The highest BCUT2D eigenvalue weighted by Gasteiger charge is 2.16. The minimum absolute atomic E-state index is 0.0594. The van der Waals surface area contributed by atoms with E-state index in [0.29, 0.717) is 35.9 Å². The smallest absolute Gasteiger partial charge is 0.140 e. The molecule has 28 heavy (non-hydrogen) atoms. The summed E-state index contributed by atoms with van der Waals surface area (Å²) in [5.41, 5.74) is 1.59. The van der Waals surface area contributed by atoms with Crippen molar-refractivity contribution >= 4 is 22.5 Å². The van der Waals surface area contributed by atoms with Gasteiger partial charge in [-0.05, 0) is 26.0 Å². The van der Waals surface area contributed by atoms with Crippen molar-refractivity contribution < 1.29 is 18.9 Å². The molecule has 6 nitrogen and oxygen atoms in total. The van der Waals surface area contributed by atoms with Crippen LogP contribution in [-0.4, -0.2) is 69.2 Å². The van der Waals surface area contributed by atoms with Crippen LogP contribution in [0.5, 0.6) is 11.5 Å². The van der Waals surface area contributed by atoms with Crippen LogP contribution in [0.3, 0.4) is 0 Å². The number of hydrogen-bond acceptors (Lipinski definition) is 6. The summed E-state index contributed by atoms with van der Waals surface area (Å²) >= 11 is 6.67. The molecule has 2 aromatic rings. The summed E-state index contributed by atoms with van der Waals surface area (Å²) in [4.78, 5) is 7.07. The summed E-state index contributed by atoms with van der Waals surface area (Å²) in [5.74, 6) is 1.43. The largest absolute Gasteiger partial charge is 0.491 e. The van der Waals surface area contributed by atoms with Gasteiger partial charge in [0.1, 0.15) is 23.1 Å². The van der Waals surface area contributed by atoms with Gasteiger partial charge in [-0.15, -0.1) is 0 Å². The zero-order valence-corrected chi connectivity index (χ0v) is 17.6. The number of halogens is 1. The molecular formula is C21H29ClN2O4. The van der Waals surface area contributed by atoms with Crippen LogP contribution in [0.4, 0.5) is 0 Å². The van der Waals surface area contributed by atoms with Crippen LogP contribution in [0.2, 0.25) is 5.02 Å². The lowest BCUT2D eigenvalue weighted by Crippen LogP contribution is -2.38. The van der Waals surface area contributed by atoms with Gasteiger partial charge in [0.05, 0.1) is 31.4 Å². The van der Waals surface area contributed by atoms with Crippen molar-refractivity contribution in [1.29, 1.82) is 0 Å². The highest BCUT2D eigenvalue weighted by molar-refractivity contribution is 6.36. The van der Waals surface area contributed by atoms with Gasteiger partial charge in [-0.25, -0.2) is 0 Å². The van der Waals surface area contributed by atoms with Gasteiger partial charge in [-0.1, -0.05) is 11.6 Å². The summed E-state index contributed by atoms with van der Waals surface area (Å²) in [6, 6.07) is 5.83. The Hall–Kier alpha value is -1.60. The van der Waals surface area contributed by atoms with E-state index in [9.17, 15) is 0 Å². The average Bonchev–Trinajstić information content (AvgIpc) is 2.69. The second-order valence-corrected chi connectivity index (χ2v) is 7.48. The van der Waals surface area contributed by atoms with E-state index in [-0.39, 0.29) is 6.10 Å². The molecule has 0 atom stereocenters. The zero-order chi connectivity index (χ0) is 19.9. The quantitative estimate of drug-likeness (QED) is 0.632. The second kappa shape index (κ2) is 10.3. The van der Waals surface area contributed by atoms with Crippen molar-refractivity contribution in [3.63, 3.8) is 0 Å². The summed E-state index contributed by atoms with van der Waals surface area (Å²) in [6.45, 7) is 9.46. The molecule has 1 aromatic carbocycles. The maximum atomic E-state index is 6.67. The fraction of sp³-hybridized carbons (Fsp3) is 0.571. The van der Waals surface area contributed by atoms with Crippen molar-refractivity contribution in [2.45, 2.75) is 26.4 Å². The monoisotopic (exact) mass is 408 g/mol. The Bertz CT molecular complexity index is 779. The average molecular weight is 409 g/mol. The third-order valence-electron chi connectivity index (χ3n) is 4.59. The van der Waals surface area contributed by atoms with Crippen LogP contribution < -0.4 is 9.47 Å². The number of benzene rings is 1. The summed E-state index contributed by atoms with van der Waals surface area (Å²) in [6.07, 6.45) is 0.753. The number of methoxy groups -OCH3 is 1. The molecule has 1 aliphatic rings. The van der Waals surface area contributed by atoms with E-state index < -0.39 is 0 Å². The maximum Gasteiger partial charge on any atom is 0.140 e. The molecule has 2 heterocycles. The molecule has 1 fully saturated rings. The zero-order valence-electron chi connectivity index (χ0n) is 16.9. The first-order valence-electron chi connectivity index (χ1n) is 9.79. The number of hydrogen-bond donors (Lipinski definition) is 0. The van der Waals surface area contributed by atoms with E-state index in [1.165, 1.54) is 0 Å². The highest BCUT2D eigenvalue weighted by atomic mass is 35.5. The van der Waals surface area contributed by atoms with E-state index in [2.05, 4.69) is 4.90 Å². The minimum atomic E-state index is 0.0594. The fourth-order valence-electron chi connectivity index (χ4n) is 3.17. The van der Waals surface area contributed by atoms with Crippen molar-refractivity contribution in [3.8, 4) is 11.5 Å². The minimum Gasteiger partial charge on any atom is -0.491 e. The Labute approximate surface area is 171 Å². The Morgan fingerprint density at radius 1 is 1.18 bits per heavy atom. The molecule has 0 aliphatic carbocycles. The molecule has 0 unspecified atom stereocenters. The van der Waals surface area contributed by atoms with Crippen molar-refractivity contribution in [2.24, 2.45) is 0 Å². The lowest BCUT2D eigenvalue weighted by atomic mass is 10.1. The lowest BCUT2D eigenvalue weighted by molar-refractivity contribution is 0.0322. The predicted molar refractivity (Wildman–Crippen MR) is 111 cm³/mol. The van der Waals surface area contributed by atoms with E-state index in [0.717, 1.165) is 49.7 Å². The Morgan fingerprint density at radius 2 is 1.96 bits per heavy atom. The molecule has 0 N–H and O–H groups in total. The molecule has 0 spiro atoms. The first-order valence-corrected chi connectivity index (χ1v) is 10.2. The van der Waals surface area contributed by atoms with Gasteiger partial charge >= 0.3 is 0 Å². The molecule has 154 valence electrons. The Kier molecular flexibility index (Phi) is 7.73. The molecule has 0 bridgehead atoms. The topological polar surface area (TPSA) is 53.0 Å². The molecule has 0 saturated carbocycles. The first kappa shape index (κ1) is 21.1. The normalized spacial score (nSPS) is 15.3. The van der Waals surface area contributed by atoms with Gasteiger partial charge in [0.25, 0.3) is 0 Å². The number of nitrogens with zero attached hydrogens (tertiary/aromatic N) is 2. The predicted octanol–water partition coefficient (Wildman–Crippen LogP) is 3.58. The van der Waals surface area contributed by atoms with Crippen LogP contribution in [0.1, 0.15) is 19.5 Å². The third kappa shape index (κ3) is 5.47. The maximum absolute atomic E-state index is 6.67. The number of rotatable bonds is 9. The van der Waals surface area contributed by atoms with Crippen LogP contribution >= 0.6 is 11.6 Å². The van der Waals surface area contributed by atoms with Gasteiger partial charge in [-0.3, -0.25) is 9.88 Å². The van der Waals surface area contributed by atoms with Crippen LogP contribution in [0.15, 0.2) is 18.2 Å². The SMILES string of the molecule is COCCc1cc(OC(C)C)c2ccc(OCCN3CCOCC3)c(Cl)c2n1. The van der Waals surface area contributed by atoms with E-state index in [4.69, 9.17) is 35.5 Å². The van der Waals surface area contributed by atoms with Crippen molar-refractivity contribution in [3.05, 3.63) is 28.9 Å². The molecule has 3 rings (SSSR count). The number of morpholine rings is 1. The molecule has 1 saturated heterocycles. The van der Waals surface area contributed by atoms with Crippen LogP contribution in [-0.2, 0) is 15.9 Å². The Morgan fingerprint density at radius 3 is 2.68 bits per heavy atom. The lowest BCUT2D eigenvalue weighted by Gasteiger charge is -2.26. The summed E-state index contributed by atoms with van der Waals surface area (Å²) in [7, 11) is 1.68. The van der Waals surface area contributed by atoms with Gasteiger partial charge in [0, 0.05) is 50.3 Å². The second-order valence-electron chi connectivity index (χ2n) is 7.10. The number of ether oxygens (including phenoxy) is 4. The van der Waals surface area contributed by atoms with Gasteiger partial charge in [0.2, 0.25) is 0 Å². The first-order chi connectivity index (χ1) is 13.6. The number of aromatic nitrogens is 1. The van der Waals surface area contributed by atoms with Gasteiger partial charge < -0.3 is 18.9 Å². The number of pyridine rings is 1. The van der Waals surface area contributed by atoms with Crippen molar-refractivity contribution in [1.82, 2.24) is 9.88 Å².